The largest absolute Gasteiger partial charge is 0.486 e. The van der Waals surface area contributed by atoms with E-state index in [1.165, 1.54) is 0 Å². The highest BCUT2D eigenvalue weighted by Crippen LogP contribution is 2.31. The normalized spacial score (nSPS) is 13.1. The third-order valence-corrected chi connectivity index (χ3v) is 4.39. The highest BCUT2D eigenvalue weighted by atomic mass is 16.6. The first kappa shape index (κ1) is 19.0. The molecule has 5 heteroatoms. The molecule has 0 aromatic heterocycles. The predicted molar refractivity (Wildman–Crippen MR) is 102 cm³/mol. The van der Waals surface area contributed by atoms with Crippen molar-refractivity contribution >= 4 is 11.8 Å². The van der Waals surface area contributed by atoms with Crippen LogP contribution in [0.2, 0.25) is 0 Å². The topological polar surface area (TPSA) is 61.8 Å². The summed E-state index contributed by atoms with van der Waals surface area (Å²) in [7, 11) is 0. The molecular formula is C22H24O5. The van der Waals surface area contributed by atoms with E-state index >= 15 is 0 Å². The first-order chi connectivity index (χ1) is 12.8. The van der Waals surface area contributed by atoms with E-state index in [4.69, 9.17) is 14.2 Å². The van der Waals surface area contributed by atoms with E-state index in [1.54, 1.807) is 30.3 Å². The molecule has 1 aliphatic heterocycles. The Morgan fingerprint density at radius 3 is 2.30 bits per heavy atom. The molecule has 27 heavy (non-hydrogen) atoms. The zero-order valence-corrected chi connectivity index (χ0v) is 15.9. The lowest BCUT2D eigenvalue weighted by molar-refractivity contribution is -0.141. The van der Waals surface area contributed by atoms with Crippen LogP contribution in [-0.2, 0) is 21.4 Å². The number of ketones is 1. The van der Waals surface area contributed by atoms with Crippen LogP contribution in [0.25, 0.3) is 0 Å². The van der Waals surface area contributed by atoms with E-state index in [1.807, 2.05) is 12.1 Å². The lowest BCUT2D eigenvalue weighted by atomic mass is 9.86. The molecule has 1 aliphatic rings. The van der Waals surface area contributed by atoms with Gasteiger partial charge < -0.3 is 14.2 Å². The van der Waals surface area contributed by atoms with Crippen LogP contribution in [0.15, 0.2) is 42.5 Å². The molecule has 5 nitrogen and oxygen atoms in total. The lowest BCUT2D eigenvalue weighted by Gasteiger charge is -2.19. The number of Topliss-reactive ketones (excluding diaryl/α,β-unsaturated/α-hetero) is 1. The molecule has 0 unspecified atom stereocenters. The summed E-state index contributed by atoms with van der Waals surface area (Å²) >= 11 is 0. The number of benzene rings is 2. The van der Waals surface area contributed by atoms with Gasteiger partial charge in [0.1, 0.15) is 13.2 Å². The number of carbonyl (C=O) groups excluding carboxylic acids is 2. The molecule has 0 radical (unpaired) electrons. The third-order valence-electron chi connectivity index (χ3n) is 4.39. The Labute approximate surface area is 159 Å². The van der Waals surface area contributed by atoms with Gasteiger partial charge in [-0.15, -0.1) is 0 Å². The number of esters is 1. The van der Waals surface area contributed by atoms with Crippen LogP contribution in [0.4, 0.5) is 0 Å². The van der Waals surface area contributed by atoms with Gasteiger partial charge in [-0.05, 0) is 28.7 Å². The van der Waals surface area contributed by atoms with Crippen molar-refractivity contribution in [3.8, 4) is 11.5 Å². The molecule has 142 valence electrons. The molecule has 0 saturated carbocycles. The van der Waals surface area contributed by atoms with Crippen molar-refractivity contribution in [2.75, 3.05) is 19.8 Å². The zero-order valence-electron chi connectivity index (χ0n) is 15.9. The van der Waals surface area contributed by atoms with Crippen LogP contribution < -0.4 is 9.47 Å². The van der Waals surface area contributed by atoms with E-state index in [0.29, 0.717) is 30.3 Å². The van der Waals surface area contributed by atoms with Gasteiger partial charge in [0.05, 0.1) is 6.42 Å². The molecule has 0 fully saturated rings. The highest BCUT2D eigenvalue weighted by molar-refractivity contribution is 5.98. The minimum Gasteiger partial charge on any atom is -0.486 e. The maximum Gasteiger partial charge on any atom is 0.310 e. The Morgan fingerprint density at radius 1 is 0.963 bits per heavy atom. The van der Waals surface area contributed by atoms with Crippen molar-refractivity contribution in [1.82, 2.24) is 0 Å². The van der Waals surface area contributed by atoms with Crippen LogP contribution in [0.5, 0.6) is 11.5 Å². The predicted octanol–water partition coefficient (Wildman–Crippen LogP) is 3.72. The number of ether oxygens (including phenoxy) is 3. The van der Waals surface area contributed by atoms with Crippen molar-refractivity contribution in [1.29, 1.82) is 0 Å². The maximum atomic E-state index is 12.2. The van der Waals surface area contributed by atoms with Gasteiger partial charge in [-0.1, -0.05) is 51.1 Å². The fourth-order valence-corrected chi connectivity index (χ4v) is 2.80. The third kappa shape index (κ3) is 4.88. The molecule has 0 saturated heterocycles. The molecule has 0 N–H and O–H groups in total. The van der Waals surface area contributed by atoms with Gasteiger partial charge >= 0.3 is 5.97 Å². The van der Waals surface area contributed by atoms with E-state index in [-0.39, 0.29) is 24.2 Å². The van der Waals surface area contributed by atoms with E-state index < -0.39 is 5.97 Å². The van der Waals surface area contributed by atoms with Crippen LogP contribution >= 0.6 is 0 Å². The summed E-state index contributed by atoms with van der Waals surface area (Å²) in [5.41, 5.74) is 2.47. The van der Waals surface area contributed by atoms with Gasteiger partial charge in [0.2, 0.25) is 0 Å². The monoisotopic (exact) mass is 368 g/mol. The molecular weight excluding hydrogens is 344 g/mol. The number of carbonyl (C=O) groups is 2. The SMILES string of the molecule is CC(C)(C)c1ccc(C(=O)COC(=O)Cc2ccc3c(c2)OCCO3)cc1. The zero-order chi connectivity index (χ0) is 19.4. The lowest BCUT2D eigenvalue weighted by Crippen LogP contribution is -2.17. The van der Waals surface area contributed by atoms with Gasteiger partial charge in [0.15, 0.2) is 23.9 Å². The van der Waals surface area contributed by atoms with E-state index in [0.717, 1.165) is 11.1 Å². The van der Waals surface area contributed by atoms with Crippen LogP contribution in [0.3, 0.4) is 0 Å². The van der Waals surface area contributed by atoms with Crippen molar-refractivity contribution in [3.05, 3.63) is 59.2 Å². The van der Waals surface area contributed by atoms with Crippen molar-refractivity contribution in [3.63, 3.8) is 0 Å². The van der Waals surface area contributed by atoms with Crippen LogP contribution in [0, 0.1) is 0 Å². The van der Waals surface area contributed by atoms with Gasteiger partial charge in [-0.25, -0.2) is 0 Å². The van der Waals surface area contributed by atoms with Crippen molar-refractivity contribution in [2.24, 2.45) is 0 Å². The summed E-state index contributed by atoms with van der Waals surface area (Å²) in [4.78, 5) is 24.3. The molecule has 0 atom stereocenters. The molecule has 1 heterocycles. The molecule has 0 bridgehead atoms. The second-order valence-corrected chi connectivity index (χ2v) is 7.57. The first-order valence-electron chi connectivity index (χ1n) is 9.01. The standard InChI is InChI=1S/C22H24O5/c1-22(2,3)17-7-5-16(6-8-17)18(23)14-27-21(24)13-15-4-9-19-20(12-15)26-11-10-25-19/h4-9,12H,10-11,13-14H2,1-3H3. The summed E-state index contributed by atoms with van der Waals surface area (Å²) in [6.07, 6.45) is 0.0763. The molecule has 0 amide bonds. The summed E-state index contributed by atoms with van der Waals surface area (Å²) in [5, 5.41) is 0. The molecule has 3 rings (SSSR count). The average Bonchev–Trinajstić information content (AvgIpc) is 2.65. The van der Waals surface area contributed by atoms with Gasteiger partial charge in [-0.3, -0.25) is 9.59 Å². The molecule has 2 aromatic rings. The Kier molecular flexibility index (Phi) is 5.49. The smallest absolute Gasteiger partial charge is 0.310 e. The number of hydrogen-bond acceptors (Lipinski definition) is 5. The van der Waals surface area contributed by atoms with Gasteiger partial charge in [-0.2, -0.15) is 0 Å². The minimum absolute atomic E-state index is 0.0255. The van der Waals surface area contributed by atoms with Crippen molar-refractivity contribution < 1.29 is 23.8 Å². The second kappa shape index (κ2) is 7.82. The summed E-state index contributed by atoms with van der Waals surface area (Å²) in [6, 6.07) is 12.8. The quantitative estimate of drug-likeness (QED) is 0.594. The Bertz CT molecular complexity index is 831. The van der Waals surface area contributed by atoms with Crippen LogP contribution in [-0.4, -0.2) is 31.6 Å². The summed E-state index contributed by atoms with van der Waals surface area (Å²) in [6.45, 7) is 7.09. The minimum atomic E-state index is -0.452. The highest BCUT2D eigenvalue weighted by Gasteiger charge is 2.16. The molecule has 2 aromatic carbocycles. The molecule has 0 spiro atoms. The van der Waals surface area contributed by atoms with Gasteiger partial charge in [0, 0.05) is 5.56 Å². The second-order valence-electron chi connectivity index (χ2n) is 7.57. The number of rotatable bonds is 5. The Morgan fingerprint density at radius 2 is 1.63 bits per heavy atom. The fourth-order valence-electron chi connectivity index (χ4n) is 2.80. The van der Waals surface area contributed by atoms with E-state index in [9.17, 15) is 9.59 Å². The summed E-state index contributed by atoms with van der Waals surface area (Å²) < 4.78 is 16.1. The average molecular weight is 368 g/mol. The van der Waals surface area contributed by atoms with Crippen LogP contribution in [0.1, 0.15) is 42.3 Å². The Balaban J connectivity index is 1.53. The number of fused-ring (bicyclic) bond motifs is 1. The van der Waals surface area contributed by atoms with Gasteiger partial charge in [0.25, 0.3) is 0 Å². The Hall–Kier alpha value is -2.82. The first-order valence-corrected chi connectivity index (χ1v) is 9.01. The fraction of sp³-hybridized carbons (Fsp3) is 0.364. The number of hydrogen-bond donors (Lipinski definition) is 0. The maximum absolute atomic E-state index is 12.2. The van der Waals surface area contributed by atoms with Crippen molar-refractivity contribution in [2.45, 2.75) is 32.6 Å². The summed E-state index contributed by atoms with van der Waals surface area (Å²) in [5.74, 6) is 0.631. The van der Waals surface area contributed by atoms with E-state index in [2.05, 4.69) is 20.8 Å². The molecule has 0 aliphatic carbocycles.